The summed E-state index contributed by atoms with van der Waals surface area (Å²) in [7, 11) is -0.676. The van der Waals surface area contributed by atoms with Crippen molar-refractivity contribution in [3.05, 3.63) is 11.1 Å². The Bertz CT molecular complexity index is 875. The Morgan fingerprint density at radius 1 is 1.00 bits per heavy atom. The molecule has 0 N–H and O–H groups in total. The summed E-state index contributed by atoms with van der Waals surface area (Å²) in [4.78, 5) is 14.5. The lowest BCUT2D eigenvalue weighted by Gasteiger charge is -2.30. The molecule has 3 aliphatic heterocycles. The number of nitrogens with zero attached hydrogens (tertiary/aromatic N) is 2. The van der Waals surface area contributed by atoms with Crippen molar-refractivity contribution in [2.75, 3.05) is 40.6 Å². The largest absolute Gasteiger partial charge is 0.492 e. The second-order valence-electron chi connectivity index (χ2n) is 7.08. The molecule has 0 unspecified atom stereocenters. The normalized spacial score (nSPS) is 20.4. The van der Waals surface area contributed by atoms with Gasteiger partial charge in [-0.2, -0.15) is 4.31 Å². The first-order valence-corrected chi connectivity index (χ1v) is 10.7. The van der Waals surface area contributed by atoms with Crippen LogP contribution in [0, 0.1) is 0 Å². The minimum atomic E-state index is -3.82. The maximum Gasteiger partial charge on any atom is 0.257 e. The molecule has 1 saturated heterocycles. The lowest BCUT2D eigenvalue weighted by atomic mass is 9.97. The monoisotopic (exact) mass is 396 g/mol. The van der Waals surface area contributed by atoms with Gasteiger partial charge in [-0.3, -0.25) is 4.79 Å². The zero-order valence-corrected chi connectivity index (χ0v) is 16.4. The zero-order valence-electron chi connectivity index (χ0n) is 15.6. The second kappa shape index (κ2) is 6.87. The van der Waals surface area contributed by atoms with E-state index in [1.165, 1.54) is 11.4 Å². The number of sulfonamides is 1. The van der Waals surface area contributed by atoms with Crippen LogP contribution in [0.3, 0.4) is 0 Å². The Morgan fingerprint density at radius 2 is 1.67 bits per heavy atom. The van der Waals surface area contributed by atoms with E-state index >= 15 is 0 Å². The van der Waals surface area contributed by atoms with Crippen LogP contribution in [0.25, 0.3) is 0 Å². The number of rotatable bonds is 3. The molecule has 8 nitrogen and oxygen atoms in total. The van der Waals surface area contributed by atoms with E-state index in [2.05, 4.69) is 0 Å². The van der Waals surface area contributed by atoms with E-state index in [0.717, 1.165) is 25.7 Å². The quantitative estimate of drug-likeness (QED) is 0.772. The Balaban J connectivity index is 1.96. The number of methoxy groups -OCH3 is 1. The predicted molar refractivity (Wildman–Crippen MR) is 97.0 cm³/mol. The van der Waals surface area contributed by atoms with Crippen LogP contribution in [-0.4, -0.2) is 64.1 Å². The summed E-state index contributed by atoms with van der Waals surface area (Å²) in [6, 6.07) is 0. The van der Waals surface area contributed by atoms with E-state index in [1.807, 2.05) is 0 Å². The van der Waals surface area contributed by atoms with Crippen molar-refractivity contribution >= 4 is 15.9 Å². The summed E-state index contributed by atoms with van der Waals surface area (Å²) in [5.74, 6) is 0.364. The van der Waals surface area contributed by atoms with E-state index in [4.69, 9.17) is 14.2 Å². The third kappa shape index (κ3) is 2.84. The van der Waals surface area contributed by atoms with Gasteiger partial charge in [-0.1, -0.05) is 12.8 Å². The van der Waals surface area contributed by atoms with Crippen LogP contribution >= 0.6 is 0 Å². The Morgan fingerprint density at radius 3 is 2.33 bits per heavy atom. The SMILES string of the molecule is COc1c2c(c(S(=O)(=O)N3CCCCCC3)c3c1C(=O)N(C)CC3)OCO2. The molecular weight excluding hydrogens is 372 g/mol. The summed E-state index contributed by atoms with van der Waals surface area (Å²) < 4.78 is 45.2. The molecule has 148 valence electrons. The van der Waals surface area contributed by atoms with Gasteiger partial charge in [-0.15, -0.1) is 0 Å². The number of likely N-dealkylation sites (N-methyl/N-ethyl adjacent to an activating group) is 1. The molecule has 0 aliphatic carbocycles. The number of hydrogen-bond acceptors (Lipinski definition) is 6. The summed E-state index contributed by atoms with van der Waals surface area (Å²) in [5.41, 5.74) is 0.743. The molecule has 0 spiro atoms. The standard InChI is InChI=1S/C18H24N2O6S/c1-19-10-7-12-13(18(19)21)14(24-2)15-16(26-11-25-15)17(12)27(22,23)20-8-5-3-4-6-9-20/h3-11H2,1-2H3. The van der Waals surface area contributed by atoms with Crippen LogP contribution in [0.15, 0.2) is 4.90 Å². The number of carbonyl (C=O) groups is 1. The molecule has 1 aromatic carbocycles. The first-order chi connectivity index (χ1) is 13.0. The van der Waals surface area contributed by atoms with Gasteiger partial charge in [0.1, 0.15) is 4.90 Å². The second-order valence-corrected chi connectivity index (χ2v) is 8.95. The van der Waals surface area contributed by atoms with Gasteiger partial charge in [0.2, 0.25) is 22.6 Å². The minimum Gasteiger partial charge on any atom is -0.492 e. The van der Waals surface area contributed by atoms with Crippen molar-refractivity contribution in [2.24, 2.45) is 0 Å². The molecule has 1 amide bonds. The lowest BCUT2D eigenvalue weighted by molar-refractivity contribution is 0.0775. The smallest absolute Gasteiger partial charge is 0.257 e. The molecule has 3 aliphatic rings. The Kier molecular flexibility index (Phi) is 4.67. The maximum atomic E-state index is 13.6. The van der Waals surface area contributed by atoms with E-state index < -0.39 is 10.0 Å². The Hall–Kier alpha value is -2.00. The summed E-state index contributed by atoms with van der Waals surface area (Å²) >= 11 is 0. The number of benzene rings is 1. The van der Waals surface area contributed by atoms with Crippen LogP contribution in [0.2, 0.25) is 0 Å². The zero-order chi connectivity index (χ0) is 19.2. The fraction of sp³-hybridized carbons (Fsp3) is 0.611. The third-order valence-corrected chi connectivity index (χ3v) is 7.45. The topological polar surface area (TPSA) is 85.4 Å². The van der Waals surface area contributed by atoms with E-state index in [1.54, 1.807) is 11.9 Å². The van der Waals surface area contributed by atoms with Crippen LogP contribution in [-0.2, 0) is 16.4 Å². The third-order valence-electron chi connectivity index (χ3n) is 5.45. The van der Waals surface area contributed by atoms with Crippen LogP contribution in [0.4, 0.5) is 0 Å². The number of fused-ring (bicyclic) bond motifs is 2. The van der Waals surface area contributed by atoms with Crippen molar-refractivity contribution < 1.29 is 27.4 Å². The number of hydrogen-bond donors (Lipinski definition) is 0. The molecule has 0 saturated carbocycles. The highest BCUT2D eigenvalue weighted by Crippen LogP contribution is 2.51. The molecular formula is C18H24N2O6S. The lowest BCUT2D eigenvalue weighted by Crippen LogP contribution is -2.38. The van der Waals surface area contributed by atoms with Gasteiger partial charge in [0.25, 0.3) is 5.91 Å². The predicted octanol–water partition coefficient (Wildman–Crippen LogP) is 1.62. The number of carbonyl (C=O) groups excluding carboxylic acids is 1. The average Bonchev–Trinajstić information content (AvgIpc) is 2.95. The molecule has 27 heavy (non-hydrogen) atoms. The summed E-state index contributed by atoms with van der Waals surface area (Å²) in [5, 5.41) is 0. The number of amides is 1. The Labute approximate surface area is 159 Å². The maximum absolute atomic E-state index is 13.6. The molecule has 0 radical (unpaired) electrons. The van der Waals surface area contributed by atoms with Gasteiger partial charge < -0.3 is 19.1 Å². The van der Waals surface area contributed by atoms with Crippen LogP contribution < -0.4 is 14.2 Å². The molecule has 3 heterocycles. The summed E-state index contributed by atoms with van der Waals surface area (Å²) in [6.45, 7) is 1.30. The van der Waals surface area contributed by atoms with E-state index in [-0.39, 0.29) is 40.4 Å². The van der Waals surface area contributed by atoms with Gasteiger partial charge in [-0.25, -0.2) is 8.42 Å². The van der Waals surface area contributed by atoms with E-state index in [0.29, 0.717) is 31.6 Å². The fourth-order valence-corrected chi connectivity index (χ4v) is 5.93. The van der Waals surface area contributed by atoms with Crippen molar-refractivity contribution in [2.45, 2.75) is 37.0 Å². The van der Waals surface area contributed by atoms with Crippen LogP contribution in [0.5, 0.6) is 17.2 Å². The molecule has 9 heteroatoms. The molecule has 0 bridgehead atoms. The highest BCUT2D eigenvalue weighted by molar-refractivity contribution is 7.89. The van der Waals surface area contributed by atoms with Gasteiger partial charge in [0, 0.05) is 26.7 Å². The molecule has 4 rings (SSSR count). The average molecular weight is 396 g/mol. The molecule has 0 aromatic heterocycles. The fourth-order valence-electron chi connectivity index (χ4n) is 4.03. The van der Waals surface area contributed by atoms with E-state index in [9.17, 15) is 13.2 Å². The minimum absolute atomic E-state index is 0.0779. The number of ether oxygens (including phenoxy) is 3. The highest BCUT2D eigenvalue weighted by Gasteiger charge is 2.42. The molecule has 1 aromatic rings. The highest BCUT2D eigenvalue weighted by atomic mass is 32.2. The van der Waals surface area contributed by atoms with Crippen molar-refractivity contribution in [1.29, 1.82) is 0 Å². The van der Waals surface area contributed by atoms with Crippen molar-refractivity contribution in [3.63, 3.8) is 0 Å². The van der Waals surface area contributed by atoms with Crippen molar-refractivity contribution in [1.82, 2.24) is 9.21 Å². The molecule has 1 fully saturated rings. The van der Waals surface area contributed by atoms with Gasteiger partial charge in [-0.05, 0) is 24.8 Å². The molecule has 0 atom stereocenters. The van der Waals surface area contributed by atoms with Gasteiger partial charge in [0.15, 0.2) is 11.5 Å². The van der Waals surface area contributed by atoms with Gasteiger partial charge in [0.05, 0.1) is 12.7 Å². The van der Waals surface area contributed by atoms with Gasteiger partial charge >= 0.3 is 0 Å². The van der Waals surface area contributed by atoms with Crippen LogP contribution in [0.1, 0.15) is 41.6 Å². The summed E-state index contributed by atoms with van der Waals surface area (Å²) in [6.07, 6.45) is 4.13. The van der Waals surface area contributed by atoms with Crippen molar-refractivity contribution in [3.8, 4) is 17.2 Å². The first kappa shape index (κ1) is 18.4. The first-order valence-electron chi connectivity index (χ1n) is 9.25.